The van der Waals surface area contributed by atoms with E-state index in [1.807, 2.05) is 0 Å². The van der Waals surface area contributed by atoms with Crippen LogP contribution in [0.25, 0.3) is 6.08 Å². The van der Waals surface area contributed by atoms with Gasteiger partial charge in [0, 0.05) is 22.6 Å². The van der Waals surface area contributed by atoms with Gasteiger partial charge in [-0.1, -0.05) is 23.9 Å². The minimum atomic E-state index is -3.02. The predicted octanol–water partition coefficient (Wildman–Crippen LogP) is 6.53. The molecule has 190 valence electrons. The number of benzene rings is 2. The number of methoxy groups -OCH3 is 2. The molecular formula is C25H22F4N2O4S. The van der Waals surface area contributed by atoms with Crippen LogP contribution in [0.1, 0.15) is 39.3 Å². The van der Waals surface area contributed by atoms with Crippen LogP contribution in [-0.4, -0.2) is 36.6 Å². The molecule has 6 nitrogen and oxygen atoms in total. The van der Waals surface area contributed by atoms with Crippen molar-refractivity contribution in [1.82, 2.24) is 9.97 Å². The van der Waals surface area contributed by atoms with Crippen LogP contribution in [0.2, 0.25) is 0 Å². The molecule has 0 bridgehead atoms. The van der Waals surface area contributed by atoms with Gasteiger partial charge in [0.2, 0.25) is 0 Å². The molecule has 0 N–H and O–H groups in total. The molecule has 0 spiro atoms. The number of ether oxygens (including phenoxy) is 3. The molecular weight excluding hydrogens is 500 g/mol. The number of aryl methyl sites for hydroxylation is 1. The Bertz CT molecular complexity index is 1250. The lowest BCUT2D eigenvalue weighted by Crippen LogP contribution is -2.04. The molecule has 0 fully saturated rings. The zero-order chi connectivity index (χ0) is 26.2. The molecule has 1 aromatic heterocycles. The SMILES string of the molecule is COc1ccc(/C=C/C(=O)c2ccc(OC(F)F)c(OC)c2)cc1CSc1nc(C)cc(C(F)F)n1. The number of hydrogen-bond donors (Lipinski definition) is 0. The largest absolute Gasteiger partial charge is 0.496 e. The van der Waals surface area contributed by atoms with Crippen molar-refractivity contribution in [3.8, 4) is 17.2 Å². The zero-order valence-electron chi connectivity index (χ0n) is 19.5. The van der Waals surface area contributed by atoms with Gasteiger partial charge in [-0.25, -0.2) is 18.7 Å². The lowest BCUT2D eigenvalue weighted by molar-refractivity contribution is -0.0512. The van der Waals surface area contributed by atoms with Gasteiger partial charge in [-0.05, 0) is 55.0 Å². The molecule has 0 aliphatic carbocycles. The highest BCUT2D eigenvalue weighted by atomic mass is 32.2. The van der Waals surface area contributed by atoms with E-state index < -0.39 is 13.0 Å². The summed E-state index contributed by atoms with van der Waals surface area (Å²) in [6.07, 6.45) is 0.226. The number of nitrogens with zero attached hydrogens (tertiary/aromatic N) is 2. The Morgan fingerprint density at radius 2 is 1.69 bits per heavy atom. The molecule has 2 aromatic carbocycles. The predicted molar refractivity (Wildman–Crippen MR) is 127 cm³/mol. The Labute approximate surface area is 209 Å². The third-order valence-corrected chi connectivity index (χ3v) is 5.73. The van der Waals surface area contributed by atoms with Crippen LogP contribution in [-0.2, 0) is 5.75 Å². The fourth-order valence-corrected chi connectivity index (χ4v) is 4.07. The number of hydrogen-bond acceptors (Lipinski definition) is 7. The first kappa shape index (κ1) is 27.0. The molecule has 0 radical (unpaired) electrons. The highest BCUT2D eigenvalue weighted by Crippen LogP contribution is 2.31. The minimum Gasteiger partial charge on any atom is -0.496 e. The monoisotopic (exact) mass is 522 g/mol. The maximum atomic E-state index is 13.0. The van der Waals surface area contributed by atoms with E-state index in [9.17, 15) is 22.4 Å². The Morgan fingerprint density at radius 1 is 0.972 bits per heavy atom. The Kier molecular flexibility index (Phi) is 9.29. The molecule has 0 saturated heterocycles. The van der Waals surface area contributed by atoms with E-state index >= 15 is 0 Å². The molecule has 3 aromatic rings. The quantitative estimate of drug-likeness (QED) is 0.0932. The van der Waals surface area contributed by atoms with Gasteiger partial charge >= 0.3 is 6.61 Å². The van der Waals surface area contributed by atoms with Crippen molar-refractivity contribution in [2.45, 2.75) is 30.9 Å². The second-order valence-corrected chi connectivity index (χ2v) is 8.26. The van der Waals surface area contributed by atoms with Crippen LogP contribution >= 0.6 is 11.8 Å². The summed E-state index contributed by atoms with van der Waals surface area (Å²) in [6.45, 7) is -1.40. The van der Waals surface area contributed by atoms with Crippen LogP contribution in [0.5, 0.6) is 17.2 Å². The normalized spacial score (nSPS) is 11.4. The van der Waals surface area contributed by atoms with Crippen molar-refractivity contribution in [3.05, 3.63) is 76.6 Å². The molecule has 0 aliphatic heterocycles. The highest BCUT2D eigenvalue weighted by Gasteiger charge is 2.15. The summed E-state index contributed by atoms with van der Waals surface area (Å²) in [4.78, 5) is 20.7. The van der Waals surface area contributed by atoms with Crippen LogP contribution in [0, 0.1) is 6.92 Å². The van der Waals surface area contributed by atoms with Gasteiger partial charge in [0.05, 0.1) is 14.2 Å². The van der Waals surface area contributed by atoms with E-state index in [0.29, 0.717) is 22.8 Å². The molecule has 36 heavy (non-hydrogen) atoms. The van der Waals surface area contributed by atoms with E-state index in [1.54, 1.807) is 31.2 Å². The molecule has 0 aliphatic rings. The maximum absolute atomic E-state index is 13.0. The smallest absolute Gasteiger partial charge is 0.387 e. The second kappa shape index (κ2) is 12.4. The number of alkyl halides is 4. The van der Waals surface area contributed by atoms with Gasteiger partial charge in [0.1, 0.15) is 11.4 Å². The number of carbonyl (C=O) groups excluding carboxylic acids is 1. The van der Waals surface area contributed by atoms with Crippen molar-refractivity contribution in [2.24, 2.45) is 0 Å². The molecule has 0 saturated carbocycles. The summed E-state index contributed by atoms with van der Waals surface area (Å²) in [7, 11) is 2.79. The average molecular weight is 523 g/mol. The number of allylic oxidation sites excluding steroid dienone is 1. The van der Waals surface area contributed by atoms with Crippen LogP contribution in [0.4, 0.5) is 17.6 Å². The third kappa shape index (κ3) is 7.20. The average Bonchev–Trinajstić information content (AvgIpc) is 2.85. The molecule has 11 heteroatoms. The first-order chi connectivity index (χ1) is 17.2. The lowest BCUT2D eigenvalue weighted by Gasteiger charge is -2.10. The number of rotatable bonds is 11. The third-order valence-electron chi connectivity index (χ3n) is 4.83. The number of halogens is 4. The van der Waals surface area contributed by atoms with Gasteiger partial charge in [-0.15, -0.1) is 0 Å². The standard InChI is InChI=1S/C25H22F4N2O4S/c1-14-10-18(23(26)27)31-25(30-14)36-13-17-11-15(5-8-20(17)33-2)4-7-19(32)16-6-9-21(35-24(28)29)22(12-16)34-3/h4-12,23-24H,13H2,1-3H3/b7-4+. The zero-order valence-corrected chi connectivity index (χ0v) is 20.3. The number of thioether (sulfide) groups is 1. The Balaban J connectivity index is 1.76. The van der Waals surface area contributed by atoms with E-state index in [1.165, 1.54) is 56.3 Å². The summed E-state index contributed by atoms with van der Waals surface area (Å²) in [5, 5.41) is 0.219. The van der Waals surface area contributed by atoms with Crippen LogP contribution in [0.15, 0.2) is 53.7 Å². The van der Waals surface area contributed by atoms with E-state index in [4.69, 9.17) is 9.47 Å². The summed E-state index contributed by atoms with van der Waals surface area (Å²) < 4.78 is 65.9. The van der Waals surface area contributed by atoms with E-state index in [0.717, 1.165) is 5.56 Å². The summed E-state index contributed by atoms with van der Waals surface area (Å²) in [6, 6.07) is 10.4. The minimum absolute atomic E-state index is 0.00618. The first-order valence-electron chi connectivity index (χ1n) is 10.5. The fraction of sp³-hybridized carbons (Fsp3) is 0.240. The van der Waals surface area contributed by atoms with Gasteiger partial charge in [0.15, 0.2) is 22.4 Å². The molecule has 0 atom stereocenters. The Morgan fingerprint density at radius 3 is 2.36 bits per heavy atom. The fourth-order valence-electron chi connectivity index (χ4n) is 3.18. The second-order valence-electron chi connectivity index (χ2n) is 7.32. The van der Waals surface area contributed by atoms with Crippen molar-refractivity contribution < 1.29 is 36.6 Å². The van der Waals surface area contributed by atoms with Crippen molar-refractivity contribution in [2.75, 3.05) is 14.2 Å². The van der Waals surface area contributed by atoms with Crippen molar-refractivity contribution >= 4 is 23.6 Å². The number of aromatic nitrogens is 2. The Hall–Kier alpha value is -3.60. The van der Waals surface area contributed by atoms with E-state index in [2.05, 4.69) is 14.7 Å². The lowest BCUT2D eigenvalue weighted by atomic mass is 10.1. The van der Waals surface area contributed by atoms with Crippen LogP contribution < -0.4 is 14.2 Å². The molecule has 1 heterocycles. The summed E-state index contributed by atoms with van der Waals surface area (Å²) >= 11 is 1.18. The van der Waals surface area contributed by atoms with Gasteiger partial charge < -0.3 is 14.2 Å². The van der Waals surface area contributed by atoms with Gasteiger partial charge in [-0.3, -0.25) is 4.79 Å². The first-order valence-corrected chi connectivity index (χ1v) is 11.5. The van der Waals surface area contributed by atoms with E-state index in [-0.39, 0.29) is 33.7 Å². The molecule has 0 unspecified atom stereocenters. The van der Waals surface area contributed by atoms with Crippen molar-refractivity contribution in [1.29, 1.82) is 0 Å². The van der Waals surface area contributed by atoms with Gasteiger partial charge in [-0.2, -0.15) is 8.78 Å². The van der Waals surface area contributed by atoms with Crippen LogP contribution in [0.3, 0.4) is 0 Å². The number of carbonyl (C=O) groups is 1. The summed E-state index contributed by atoms with van der Waals surface area (Å²) in [5.74, 6) is 0.368. The summed E-state index contributed by atoms with van der Waals surface area (Å²) in [5.41, 5.74) is 1.76. The number of ketones is 1. The van der Waals surface area contributed by atoms with Crippen molar-refractivity contribution in [3.63, 3.8) is 0 Å². The molecule has 0 amide bonds. The molecule has 3 rings (SSSR count). The van der Waals surface area contributed by atoms with Gasteiger partial charge in [0.25, 0.3) is 6.43 Å². The topological polar surface area (TPSA) is 70.5 Å². The maximum Gasteiger partial charge on any atom is 0.387 e. The highest BCUT2D eigenvalue weighted by molar-refractivity contribution is 7.98.